The highest BCUT2D eigenvalue weighted by molar-refractivity contribution is 9.10. The van der Waals surface area contributed by atoms with E-state index in [9.17, 15) is 4.79 Å². The fourth-order valence-electron chi connectivity index (χ4n) is 0.986. The number of anilines is 1. The highest BCUT2D eigenvalue weighted by Gasteiger charge is 2.05. The quantitative estimate of drug-likeness (QED) is 0.501. The molecule has 1 amide bonds. The van der Waals surface area contributed by atoms with Crippen LogP contribution in [-0.2, 0) is 4.79 Å². The predicted octanol–water partition coefficient (Wildman–Crippen LogP) is 1.86. The van der Waals surface area contributed by atoms with Crippen molar-refractivity contribution in [2.45, 2.75) is 0 Å². The van der Waals surface area contributed by atoms with Crippen LogP contribution in [0, 0.1) is 0 Å². The van der Waals surface area contributed by atoms with Gasteiger partial charge in [-0.05, 0) is 18.2 Å². The molecule has 1 rings (SSSR count). The summed E-state index contributed by atoms with van der Waals surface area (Å²) in [6.45, 7) is 0. The van der Waals surface area contributed by atoms with Crippen molar-refractivity contribution in [1.29, 1.82) is 0 Å². The number of nitrogens with zero attached hydrogens (tertiary/aromatic N) is 1. The summed E-state index contributed by atoms with van der Waals surface area (Å²) in [4.78, 5) is 11.1. The lowest BCUT2D eigenvalue weighted by Crippen LogP contribution is -2.13. The van der Waals surface area contributed by atoms with E-state index in [1.165, 1.54) is 7.11 Å². The lowest BCUT2D eigenvalue weighted by molar-refractivity contribution is -0.110. The van der Waals surface area contributed by atoms with Gasteiger partial charge in [0.15, 0.2) is 0 Å². The molecule has 0 aliphatic rings. The molecule has 15 heavy (non-hydrogen) atoms. The van der Waals surface area contributed by atoms with Crippen molar-refractivity contribution in [3.8, 4) is 5.75 Å². The van der Waals surface area contributed by atoms with Crippen LogP contribution in [0.4, 0.5) is 5.69 Å². The van der Waals surface area contributed by atoms with Crippen molar-refractivity contribution in [3.63, 3.8) is 0 Å². The minimum Gasteiger partial charge on any atom is -0.495 e. The number of methoxy groups -OCH3 is 1. The van der Waals surface area contributed by atoms with Crippen molar-refractivity contribution in [2.24, 2.45) is 5.16 Å². The Hall–Kier alpha value is -1.56. The van der Waals surface area contributed by atoms with E-state index in [4.69, 9.17) is 9.94 Å². The highest BCUT2D eigenvalue weighted by atomic mass is 79.9. The van der Waals surface area contributed by atoms with Gasteiger partial charge in [0.05, 0.1) is 12.8 Å². The summed E-state index contributed by atoms with van der Waals surface area (Å²) in [7, 11) is 1.50. The topological polar surface area (TPSA) is 70.9 Å². The van der Waals surface area contributed by atoms with E-state index in [0.29, 0.717) is 11.4 Å². The molecule has 0 aliphatic carbocycles. The lowest BCUT2D eigenvalue weighted by Gasteiger charge is -2.08. The fraction of sp³-hybridized carbons (Fsp3) is 0.111. The number of hydrogen-bond acceptors (Lipinski definition) is 4. The molecule has 0 radical (unpaired) electrons. The summed E-state index contributed by atoms with van der Waals surface area (Å²) in [5.74, 6) is -0.0119. The van der Waals surface area contributed by atoms with E-state index in [-0.39, 0.29) is 0 Å². The Labute approximate surface area is 94.9 Å². The summed E-state index contributed by atoms with van der Waals surface area (Å²) < 4.78 is 5.89. The van der Waals surface area contributed by atoms with Gasteiger partial charge in [-0.2, -0.15) is 0 Å². The van der Waals surface area contributed by atoms with E-state index in [0.717, 1.165) is 10.7 Å². The van der Waals surface area contributed by atoms with E-state index < -0.39 is 5.91 Å². The molecular formula is C9H9BrN2O3. The molecule has 1 aromatic rings. The van der Waals surface area contributed by atoms with Crippen LogP contribution >= 0.6 is 15.9 Å². The van der Waals surface area contributed by atoms with Gasteiger partial charge in [-0.3, -0.25) is 4.79 Å². The number of nitrogens with one attached hydrogen (secondary N) is 1. The number of rotatable bonds is 3. The van der Waals surface area contributed by atoms with Crippen LogP contribution < -0.4 is 10.1 Å². The Morgan fingerprint density at radius 1 is 1.67 bits per heavy atom. The van der Waals surface area contributed by atoms with E-state index >= 15 is 0 Å². The molecule has 0 aromatic heterocycles. The van der Waals surface area contributed by atoms with Gasteiger partial charge in [-0.25, -0.2) is 0 Å². The third-order valence-electron chi connectivity index (χ3n) is 1.60. The summed E-state index contributed by atoms with van der Waals surface area (Å²) in [6.07, 6.45) is 0.765. The number of hydrogen-bond donors (Lipinski definition) is 2. The molecule has 2 N–H and O–H groups in total. The van der Waals surface area contributed by atoms with Crippen molar-refractivity contribution < 1.29 is 14.7 Å². The number of amides is 1. The average molecular weight is 273 g/mol. The predicted molar refractivity (Wildman–Crippen MR) is 59.6 cm³/mol. The minimum atomic E-state index is -0.530. The minimum absolute atomic E-state index is 0.505. The maximum atomic E-state index is 11.1. The summed E-state index contributed by atoms with van der Waals surface area (Å²) in [5.41, 5.74) is 0.505. The second kappa shape index (κ2) is 5.35. The lowest BCUT2D eigenvalue weighted by atomic mass is 10.3. The maximum absolute atomic E-state index is 11.1. The number of carbonyl (C=O) groups is 1. The molecule has 5 nitrogen and oxygen atoms in total. The number of benzene rings is 1. The normalized spacial score (nSPS) is 10.3. The van der Waals surface area contributed by atoms with Gasteiger partial charge < -0.3 is 15.3 Å². The maximum Gasteiger partial charge on any atom is 0.270 e. The third kappa shape index (κ3) is 3.25. The monoisotopic (exact) mass is 272 g/mol. The Morgan fingerprint density at radius 2 is 2.40 bits per heavy atom. The second-order valence-electron chi connectivity index (χ2n) is 2.58. The van der Waals surface area contributed by atoms with Crippen LogP contribution in [0.25, 0.3) is 0 Å². The number of halogens is 1. The summed E-state index contributed by atoms with van der Waals surface area (Å²) >= 11 is 3.28. The highest BCUT2D eigenvalue weighted by Crippen LogP contribution is 2.27. The first-order chi connectivity index (χ1) is 7.17. The van der Waals surface area contributed by atoms with E-state index in [1.807, 2.05) is 0 Å². The number of carbonyl (C=O) groups excluding carboxylic acids is 1. The van der Waals surface area contributed by atoms with Gasteiger partial charge in [0.2, 0.25) is 0 Å². The molecule has 0 saturated carbocycles. The fourth-order valence-corrected chi connectivity index (χ4v) is 1.33. The van der Waals surface area contributed by atoms with Crippen molar-refractivity contribution in [2.75, 3.05) is 12.4 Å². The van der Waals surface area contributed by atoms with Gasteiger partial charge in [-0.15, -0.1) is 0 Å². The third-order valence-corrected chi connectivity index (χ3v) is 2.09. The van der Waals surface area contributed by atoms with E-state index in [2.05, 4.69) is 26.4 Å². The first-order valence-corrected chi connectivity index (χ1v) is 4.78. The molecule has 0 saturated heterocycles. The van der Waals surface area contributed by atoms with Crippen LogP contribution in [0.3, 0.4) is 0 Å². The first kappa shape index (κ1) is 11.5. The Kier molecular flexibility index (Phi) is 4.11. The summed E-state index contributed by atoms with van der Waals surface area (Å²) in [6, 6.07) is 5.14. The Morgan fingerprint density at radius 3 is 3.00 bits per heavy atom. The van der Waals surface area contributed by atoms with Crippen LogP contribution in [0.15, 0.2) is 27.8 Å². The average Bonchev–Trinajstić information content (AvgIpc) is 2.21. The summed E-state index contributed by atoms with van der Waals surface area (Å²) in [5, 5.41) is 13.3. The molecule has 0 heterocycles. The Bertz CT molecular complexity index is 393. The number of oxime groups is 1. The van der Waals surface area contributed by atoms with Crippen LogP contribution in [-0.4, -0.2) is 24.4 Å². The van der Waals surface area contributed by atoms with Gasteiger partial charge in [-0.1, -0.05) is 21.1 Å². The van der Waals surface area contributed by atoms with Crippen molar-refractivity contribution >= 4 is 33.7 Å². The van der Waals surface area contributed by atoms with Crippen LogP contribution in [0.1, 0.15) is 0 Å². The number of ether oxygens (including phenoxy) is 1. The first-order valence-electron chi connectivity index (χ1n) is 3.99. The zero-order chi connectivity index (χ0) is 11.3. The van der Waals surface area contributed by atoms with Gasteiger partial charge in [0.25, 0.3) is 5.91 Å². The van der Waals surface area contributed by atoms with Crippen LogP contribution in [0.2, 0.25) is 0 Å². The van der Waals surface area contributed by atoms with Gasteiger partial charge in [0.1, 0.15) is 12.0 Å². The standard InChI is InChI=1S/C9H9BrN2O3/c1-15-8-4-6(10)2-3-7(8)12-9(13)5-11-14/h2-5,14H,1H3,(H,12,13). The molecule has 1 aromatic carbocycles. The zero-order valence-corrected chi connectivity index (χ0v) is 9.48. The van der Waals surface area contributed by atoms with Crippen LogP contribution in [0.5, 0.6) is 5.75 Å². The molecular weight excluding hydrogens is 264 g/mol. The van der Waals surface area contributed by atoms with E-state index in [1.54, 1.807) is 18.2 Å². The zero-order valence-electron chi connectivity index (χ0n) is 7.90. The van der Waals surface area contributed by atoms with Crippen molar-refractivity contribution in [3.05, 3.63) is 22.7 Å². The Balaban J connectivity index is 2.89. The molecule has 0 unspecified atom stereocenters. The largest absolute Gasteiger partial charge is 0.495 e. The molecule has 0 aliphatic heterocycles. The van der Waals surface area contributed by atoms with Gasteiger partial charge >= 0.3 is 0 Å². The molecule has 0 fully saturated rings. The second-order valence-corrected chi connectivity index (χ2v) is 3.49. The smallest absolute Gasteiger partial charge is 0.270 e. The molecule has 6 heteroatoms. The molecule has 0 bridgehead atoms. The van der Waals surface area contributed by atoms with Crippen molar-refractivity contribution in [1.82, 2.24) is 0 Å². The molecule has 0 atom stereocenters. The van der Waals surface area contributed by atoms with Gasteiger partial charge in [0, 0.05) is 4.47 Å². The molecule has 0 spiro atoms. The molecule has 80 valence electrons. The SMILES string of the molecule is COc1cc(Br)ccc1NC(=O)C=NO.